The molecule has 0 aliphatic rings. The van der Waals surface area contributed by atoms with Gasteiger partial charge in [0.15, 0.2) is 0 Å². The predicted molar refractivity (Wildman–Crippen MR) is 58.6 cm³/mol. The van der Waals surface area contributed by atoms with E-state index in [2.05, 4.69) is 11.1 Å². The maximum Gasteiger partial charge on any atom is 0.0953 e. The molecule has 0 unspecified atom stereocenters. The van der Waals surface area contributed by atoms with Crippen LogP contribution in [0.5, 0.6) is 0 Å². The molecule has 1 aromatic carbocycles. The molecule has 0 amide bonds. The summed E-state index contributed by atoms with van der Waals surface area (Å²) in [5, 5.41) is 1.30. The topological polar surface area (TPSA) is 12.9 Å². The first-order valence-electron chi connectivity index (χ1n) is 4.24. The first kappa shape index (κ1) is 8.97. The largest absolute Gasteiger partial charge is 0.241 e. The van der Waals surface area contributed by atoms with Crippen LogP contribution in [0.2, 0.25) is 0 Å². The third-order valence-electron chi connectivity index (χ3n) is 1.79. The minimum Gasteiger partial charge on any atom is -0.241 e. The Morgan fingerprint density at radius 1 is 1.46 bits per heavy atom. The van der Waals surface area contributed by atoms with E-state index in [0.717, 1.165) is 16.9 Å². The molecule has 68 valence electrons. The zero-order valence-electron chi connectivity index (χ0n) is 7.33. The summed E-state index contributed by atoms with van der Waals surface area (Å²) in [6.45, 7) is 1.99. The number of fused-ring (bicyclic) bond motifs is 1. The van der Waals surface area contributed by atoms with E-state index in [1.165, 1.54) is 4.70 Å². The van der Waals surface area contributed by atoms with Crippen LogP contribution in [-0.2, 0) is 6.42 Å². The summed E-state index contributed by atoms with van der Waals surface area (Å²) in [6.07, 6.45) is 0.862. The molecule has 1 aromatic heterocycles. The number of thiazole rings is 1. The Kier molecular flexibility index (Phi) is 2.51. The smallest absolute Gasteiger partial charge is 0.0953 e. The van der Waals surface area contributed by atoms with Gasteiger partial charge in [0.05, 0.1) is 15.2 Å². The highest BCUT2D eigenvalue weighted by atomic mass is 35.5. The van der Waals surface area contributed by atoms with Gasteiger partial charge in [-0.25, -0.2) is 4.98 Å². The second kappa shape index (κ2) is 3.64. The van der Waals surface area contributed by atoms with Crippen molar-refractivity contribution in [2.75, 3.05) is 0 Å². The van der Waals surface area contributed by atoms with Crippen LogP contribution < -0.4 is 0 Å². The Bertz CT molecular complexity index is 375. The molecule has 0 saturated heterocycles. The van der Waals surface area contributed by atoms with Gasteiger partial charge in [0.1, 0.15) is 0 Å². The van der Waals surface area contributed by atoms with Crippen molar-refractivity contribution in [1.29, 1.82) is 0 Å². The Morgan fingerprint density at radius 3 is 2.92 bits per heavy atom. The highest BCUT2D eigenvalue weighted by Crippen LogP contribution is 2.23. The predicted octanol–water partition coefficient (Wildman–Crippen LogP) is 3.47. The number of benzene rings is 1. The second-order valence-electron chi connectivity index (χ2n) is 3.06. The molecule has 13 heavy (non-hydrogen) atoms. The zero-order chi connectivity index (χ0) is 9.26. The fourth-order valence-electron chi connectivity index (χ4n) is 1.25. The number of rotatable bonds is 2. The highest BCUT2D eigenvalue weighted by Gasteiger charge is 2.05. The molecular weight excluding hydrogens is 202 g/mol. The molecule has 3 heteroatoms. The average Bonchev–Trinajstić information content (AvgIpc) is 2.44. The number of alkyl halides is 1. The van der Waals surface area contributed by atoms with Crippen molar-refractivity contribution in [3.05, 3.63) is 29.3 Å². The molecule has 0 N–H and O–H groups in total. The molecule has 0 spiro atoms. The summed E-state index contributed by atoms with van der Waals surface area (Å²) < 4.78 is 1.25. The average molecular weight is 212 g/mol. The van der Waals surface area contributed by atoms with E-state index in [1.807, 2.05) is 25.1 Å². The molecule has 1 heterocycles. The van der Waals surface area contributed by atoms with Gasteiger partial charge in [-0.3, -0.25) is 0 Å². The zero-order valence-corrected chi connectivity index (χ0v) is 8.90. The number of para-hydroxylation sites is 1. The maximum absolute atomic E-state index is 5.91. The lowest BCUT2D eigenvalue weighted by atomic mass is 10.3. The van der Waals surface area contributed by atoms with E-state index in [-0.39, 0.29) is 5.38 Å². The van der Waals surface area contributed by atoms with Crippen molar-refractivity contribution in [2.24, 2.45) is 0 Å². The number of nitrogens with zero attached hydrogens (tertiary/aromatic N) is 1. The Balaban J connectivity index is 2.38. The molecule has 0 saturated carbocycles. The highest BCUT2D eigenvalue weighted by molar-refractivity contribution is 7.18. The van der Waals surface area contributed by atoms with Gasteiger partial charge in [-0.15, -0.1) is 22.9 Å². The summed E-state index contributed by atoms with van der Waals surface area (Å²) in [6, 6.07) is 8.17. The fraction of sp³-hybridized carbons (Fsp3) is 0.300. The van der Waals surface area contributed by atoms with Gasteiger partial charge in [0.2, 0.25) is 0 Å². The van der Waals surface area contributed by atoms with Gasteiger partial charge in [-0.1, -0.05) is 12.1 Å². The van der Waals surface area contributed by atoms with Crippen LogP contribution >= 0.6 is 22.9 Å². The molecule has 0 fully saturated rings. The van der Waals surface area contributed by atoms with Gasteiger partial charge in [-0.05, 0) is 19.1 Å². The van der Waals surface area contributed by atoms with Gasteiger partial charge in [0.25, 0.3) is 0 Å². The van der Waals surface area contributed by atoms with Crippen molar-refractivity contribution >= 4 is 33.2 Å². The van der Waals surface area contributed by atoms with E-state index in [0.29, 0.717) is 0 Å². The third-order valence-corrected chi connectivity index (χ3v) is 3.01. The van der Waals surface area contributed by atoms with E-state index in [1.54, 1.807) is 11.3 Å². The first-order chi connectivity index (χ1) is 6.25. The second-order valence-corrected chi connectivity index (χ2v) is 4.92. The van der Waals surface area contributed by atoms with E-state index in [4.69, 9.17) is 11.6 Å². The molecule has 0 aliphatic heterocycles. The minimum atomic E-state index is 0.167. The fourth-order valence-corrected chi connectivity index (χ4v) is 2.58. The summed E-state index contributed by atoms with van der Waals surface area (Å²) >= 11 is 7.64. The molecule has 0 radical (unpaired) electrons. The standard InChI is InChI=1S/C10H10ClNS/c1-7(11)6-10-12-8-4-2-3-5-9(8)13-10/h2-5,7H,6H2,1H3/t7-/m0/s1. The molecule has 2 rings (SSSR count). The van der Waals surface area contributed by atoms with Crippen LogP contribution in [-0.4, -0.2) is 10.4 Å². The van der Waals surface area contributed by atoms with Crippen LogP contribution in [0, 0.1) is 0 Å². The molecular formula is C10H10ClNS. The monoisotopic (exact) mass is 211 g/mol. The molecule has 0 bridgehead atoms. The van der Waals surface area contributed by atoms with E-state index < -0.39 is 0 Å². The number of aromatic nitrogens is 1. The Hall–Kier alpha value is -0.600. The lowest BCUT2D eigenvalue weighted by Gasteiger charge is -1.95. The van der Waals surface area contributed by atoms with Crippen molar-refractivity contribution in [2.45, 2.75) is 18.7 Å². The van der Waals surface area contributed by atoms with Gasteiger partial charge in [0, 0.05) is 11.8 Å². The van der Waals surface area contributed by atoms with Crippen LogP contribution in [0.3, 0.4) is 0 Å². The minimum absolute atomic E-state index is 0.167. The van der Waals surface area contributed by atoms with E-state index in [9.17, 15) is 0 Å². The Labute approximate surface area is 86.4 Å². The summed E-state index contributed by atoms with van der Waals surface area (Å²) in [7, 11) is 0. The molecule has 2 aromatic rings. The third kappa shape index (κ3) is 2.01. The van der Waals surface area contributed by atoms with Gasteiger partial charge in [-0.2, -0.15) is 0 Å². The first-order valence-corrected chi connectivity index (χ1v) is 5.49. The van der Waals surface area contributed by atoms with Crippen molar-refractivity contribution in [3.8, 4) is 0 Å². The van der Waals surface area contributed by atoms with Crippen LogP contribution in [0.25, 0.3) is 10.2 Å². The summed E-state index contributed by atoms with van der Waals surface area (Å²) in [5.74, 6) is 0. The lowest BCUT2D eigenvalue weighted by Crippen LogP contribution is -1.95. The van der Waals surface area contributed by atoms with Crippen molar-refractivity contribution in [3.63, 3.8) is 0 Å². The quantitative estimate of drug-likeness (QED) is 0.694. The number of hydrogen-bond acceptors (Lipinski definition) is 2. The van der Waals surface area contributed by atoms with Gasteiger partial charge >= 0.3 is 0 Å². The molecule has 1 atom stereocenters. The molecule has 0 aliphatic carbocycles. The van der Waals surface area contributed by atoms with Crippen molar-refractivity contribution < 1.29 is 0 Å². The number of hydrogen-bond donors (Lipinski definition) is 0. The molecule has 1 nitrogen and oxygen atoms in total. The Morgan fingerprint density at radius 2 is 2.23 bits per heavy atom. The van der Waals surface area contributed by atoms with Crippen LogP contribution in [0.4, 0.5) is 0 Å². The maximum atomic E-state index is 5.91. The lowest BCUT2D eigenvalue weighted by molar-refractivity contribution is 0.922. The summed E-state index contributed by atoms with van der Waals surface area (Å²) in [4.78, 5) is 4.49. The van der Waals surface area contributed by atoms with Crippen LogP contribution in [0.1, 0.15) is 11.9 Å². The van der Waals surface area contributed by atoms with Crippen LogP contribution in [0.15, 0.2) is 24.3 Å². The summed E-state index contributed by atoms with van der Waals surface area (Å²) in [5.41, 5.74) is 1.08. The van der Waals surface area contributed by atoms with Gasteiger partial charge < -0.3 is 0 Å². The van der Waals surface area contributed by atoms with E-state index >= 15 is 0 Å². The normalized spacial score (nSPS) is 13.4. The number of halogens is 1. The van der Waals surface area contributed by atoms with Crippen molar-refractivity contribution in [1.82, 2.24) is 4.98 Å². The SMILES string of the molecule is C[C@H](Cl)Cc1nc2ccccc2s1.